The van der Waals surface area contributed by atoms with Crippen LogP contribution in [0, 0.1) is 18.3 Å². The van der Waals surface area contributed by atoms with Crippen molar-refractivity contribution < 1.29 is 9.53 Å². The zero-order valence-corrected chi connectivity index (χ0v) is 20.7. The van der Waals surface area contributed by atoms with Crippen LogP contribution in [0.1, 0.15) is 24.0 Å². The van der Waals surface area contributed by atoms with Gasteiger partial charge in [0.25, 0.3) is 0 Å². The summed E-state index contributed by atoms with van der Waals surface area (Å²) in [5, 5.41) is 18.7. The summed E-state index contributed by atoms with van der Waals surface area (Å²) in [6, 6.07) is 8.42. The molecule has 37 heavy (non-hydrogen) atoms. The standard InChI is InChI=1S/C28H27N7O2/c1-3-25(36)35-9-8-34(15-18(35)6-7-29)28-26-24(30-16-31-28)13-21(19-5-4-10-37-27(19)26)20-11-17(2)12-23-22(20)14-32-33-23/h3,11-14,16,18H,1,4-6,8-10,15H2,2H3,(H,32,33). The van der Waals surface area contributed by atoms with E-state index in [0.717, 1.165) is 68.5 Å². The predicted molar refractivity (Wildman–Crippen MR) is 141 cm³/mol. The van der Waals surface area contributed by atoms with Gasteiger partial charge in [0.15, 0.2) is 0 Å². The normalized spacial score (nSPS) is 17.4. The van der Waals surface area contributed by atoms with E-state index >= 15 is 0 Å². The van der Waals surface area contributed by atoms with E-state index in [-0.39, 0.29) is 18.4 Å². The molecule has 0 spiro atoms. The average Bonchev–Trinajstić information content (AvgIpc) is 3.40. The number of carbonyl (C=O) groups is 1. The fourth-order valence-corrected chi connectivity index (χ4v) is 5.68. The number of rotatable bonds is 4. The lowest BCUT2D eigenvalue weighted by molar-refractivity contribution is -0.128. The Kier molecular flexibility index (Phi) is 5.72. The Bertz CT molecular complexity index is 1590. The number of piperazine rings is 1. The zero-order valence-electron chi connectivity index (χ0n) is 20.7. The van der Waals surface area contributed by atoms with E-state index in [4.69, 9.17) is 9.72 Å². The van der Waals surface area contributed by atoms with Gasteiger partial charge in [0, 0.05) is 30.6 Å². The number of hydrogen-bond donors (Lipinski definition) is 1. The minimum atomic E-state index is -0.244. The number of nitrogens with zero attached hydrogens (tertiary/aromatic N) is 6. The summed E-state index contributed by atoms with van der Waals surface area (Å²) in [5.74, 6) is 1.46. The summed E-state index contributed by atoms with van der Waals surface area (Å²) < 4.78 is 6.35. The highest BCUT2D eigenvalue weighted by molar-refractivity contribution is 6.04. The van der Waals surface area contributed by atoms with Gasteiger partial charge in [-0.05, 0) is 54.7 Å². The lowest BCUT2D eigenvalue weighted by atomic mass is 9.90. The third kappa shape index (κ3) is 3.85. The van der Waals surface area contributed by atoms with Gasteiger partial charge in [-0.25, -0.2) is 9.97 Å². The quantitative estimate of drug-likeness (QED) is 0.429. The Labute approximate surface area is 214 Å². The summed E-state index contributed by atoms with van der Waals surface area (Å²) in [6.07, 6.45) is 6.83. The molecule has 2 aliphatic heterocycles. The van der Waals surface area contributed by atoms with Crippen LogP contribution < -0.4 is 9.64 Å². The van der Waals surface area contributed by atoms with E-state index in [1.165, 1.54) is 6.08 Å². The molecule has 1 unspecified atom stereocenters. The van der Waals surface area contributed by atoms with Gasteiger partial charge in [0.1, 0.15) is 17.9 Å². The average molecular weight is 494 g/mol. The number of H-pyrrole nitrogens is 1. The van der Waals surface area contributed by atoms with E-state index in [1.807, 2.05) is 6.20 Å². The van der Waals surface area contributed by atoms with Crippen LogP contribution >= 0.6 is 0 Å². The van der Waals surface area contributed by atoms with Crippen molar-refractivity contribution in [2.45, 2.75) is 32.2 Å². The maximum atomic E-state index is 12.4. The molecule has 1 atom stereocenters. The van der Waals surface area contributed by atoms with Crippen LogP contribution in [0.3, 0.4) is 0 Å². The van der Waals surface area contributed by atoms with Crippen molar-refractivity contribution in [3.63, 3.8) is 0 Å². The molecule has 9 nitrogen and oxygen atoms in total. The highest BCUT2D eigenvalue weighted by Gasteiger charge is 2.32. The SMILES string of the molecule is C=CC(=O)N1CCN(c2ncnc3cc(-c4cc(C)cc5[nH]ncc45)c4c(c23)OCCC4)CC1CC#N. The second-order valence-corrected chi connectivity index (χ2v) is 9.62. The number of nitriles is 1. The Morgan fingerprint density at radius 1 is 1.30 bits per heavy atom. The number of benzene rings is 2. The predicted octanol–water partition coefficient (Wildman–Crippen LogP) is 3.92. The lowest BCUT2D eigenvalue weighted by Crippen LogP contribution is -2.55. The molecule has 0 saturated carbocycles. The number of aromatic amines is 1. The summed E-state index contributed by atoms with van der Waals surface area (Å²) in [6.45, 7) is 7.93. The second-order valence-electron chi connectivity index (χ2n) is 9.62. The van der Waals surface area contributed by atoms with Crippen molar-refractivity contribution in [2.75, 3.05) is 31.1 Å². The molecule has 2 aliphatic rings. The van der Waals surface area contributed by atoms with Crippen LogP contribution in [0.25, 0.3) is 32.9 Å². The maximum absolute atomic E-state index is 12.4. The molecular formula is C28H27N7O2. The van der Waals surface area contributed by atoms with Crippen molar-refractivity contribution in [3.05, 3.63) is 54.5 Å². The Morgan fingerprint density at radius 2 is 2.19 bits per heavy atom. The van der Waals surface area contributed by atoms with E-state index in [1.54, 1.807) is 11.2 Å². The Balaban J connectivity index is 1.50. The topological polar surface area (TPSA) is 111 Å². The molecule has 2 aromatic carbocycles. The van der Waals surface area contributed by atoms with Gasteiger partial charge in [-0.15, -0.1) is 0 Å². The summed E-state index contributed by atoms with van der Waals surface area (Å²) in [7, 11) is 0. The molecule has 4 aromatic rings. The molecule has 4 heterocycles. The number of aromatic nitrogens is 4. The molecule has 1 amide bonds. The highest BCUT2D eigenvalue weighted by Crippen LogP contribution is 2.45. The molecule has 0 radical (unpaired) electrons. The summed E-state index contributed by atoms with van der Waals surface area (Å²) in [5.41, 5.74) is 6.32. The number of amides is 1. The van der Waals surface area contributed by atoms with Crippen molar-refractivity contribution in [1.82, 2.24) is 25.1 Å². The fraction of sp³-hybridized carbons (Fsp3) is 0.321. The number of ether oxygens (including phenoxy) is 1. The van der Waals surface area contributed by atoms with Gasteiger partial charge in [-0.1, -0.05) is 12.6 Å². The molecule has 1 saturated heterocycles. The van der Waals surface area contributed by atoms with Crippen LogP contribution in [-0.4, -0.2) is 63.3 Å². The van der Waals surface area contributed by atoms with Gasteiger partial charge in [-0.2, -0.15) is 10.4 Å². The minimum absolute atomic E-state index is 0.151. The van der Waals surface area contributed by atoms with Crippen LogP contribution in [0.2, 0.25) is 0 Å². The van der Waals surface area contributed by atoms with E-state index < -0.39 is 0 Å². The van der Waals surface area contributed by atoms with E-state index in [9.17, 15) is 10.1 Å². The van der Waals surface area contributed by atoms with Gasteiger partial charge in [0.05, 0.1) is 47.8 Å². The lowest BCUT2D eigenvalue weighted by Gasteiger charge is -2.41. The fourth-order valence-electron chi connectivity index (χ4n) is 5.68. The molecule has 0 bridgehead atoms. The summed E-state index contributed by atoms with van der Waals surface area (Å²) >= 11 is 0. The first-order chi connectivity index (χ1) is 18.1. The third-order valence-electron chi connectivity index (χ3n) is 7.34. The number of carbonyl (C=O) groups excluding carboxylic acids is 1. The molecule has 9 heteroatoms. The molecule has 186 valence electrons. The zero-order chi connectivity index (χ0) is 25.5. The Hall–Kier alpha value is -4.45. The molecule has 0 aliphatic carbocycles. The number of fused-ring (bicyclic) bond motifs is 4. The number of hydrogen-bond acceptors (Lipinski definition) is 7. The highest BCUT2D eigenvalue weighted by atomic mass is 16.5. The first-order valence-corrected chi connectivity index (χ1v) is 12.5. The number of aryl methyl sites for hydroxylation is 1. The third-order valence-corrected chi connectivity index (χ3v) is 7.34. The molecule has 1 fully saturated rings. The summed E-state index contributed by atoms with van der Waals surface area (Å²) in [4.78, 5) is 25.6. The van der Waals surface area contributed by atoms with E-state index in [0.29, 0.717) is 26.2 Å². The van der Waals surface area contributed by atoms with Crippen LogP contribution in [0.4, 0.5) is 5.82 Å². The van der Waals surface area contributed by atoms with Crippen LogP contribution in [-0.2, 0) is 11.2 Å². The van der Waals surface area contributed by atoms with Crippen molar-refractivity contribution in [3.8, 4) is 22.9 Å². The molecule has 1 N–H and O–H groups in total. The van der Waals surface area contributed by atoms with Gasteiger partial charge < -0.3 is 14.5 Å². The van der Waals surface area contributed by atoms with Gasteiger partial charge in [0.2, 0.25) is 5.91 Å². The van der Waals surface area contributed by atoms with Crippen LogP contribution in [0.15, 0.2) is 43.4 Å². The first kappa shape index (κ1) is 23.0. The monoisotopic (exact) mass is 493 g/mol. The number of anilines is 1. The smallest absolute Gasteiger partial charge is 0.246 e. The largest absolute Gasteiger partial charge is 0.492 e. The second kappa shape index (κ2) is 9.21. The van der Waals surface area contributed by atoms with Crippen LogP contribution in [0.5, 0.6) is 5.75 Å². The first-order valence-electron chi connectivity index (χ1n) is 12.5. The van der Waals surface area contributed by atoms with Gasteiger partial charge >= 0.3 is 0 Å². The van der Waals surface area contributed by atoms with Crippen molar-refractivity contribution >= 4 is 33.5 Å². The van der Waals surface area contributed by atoms with E-state index in [2.05, 4.69) is 57.9 Å². The molecular weight excluding hydrogens is 466 g/mol. The van der Waals surface area contributed by atoms with Crippen molar-refractivity contribution in [2.24, 2.45) is 0 Å². The Morgan fingerprint density at radius 3 is 3.03 bits per heavy atom. The number of nitrogens with one attached hydrogen (secondary N) is 1. The molecule has 6 rings (SSSR count). The molecule has 2 aromatic heterocycles. The minimum Gasteiger partial charge on any atom is -0.492 e. The van der Waals surface area contributed by atoms with Gasteiger partial charge in [-0.3, -0.25) is 9.89 Å². The van der Waals surface area contributed by atoms with Crippen molar-refractivity contribution in [1.29, 1.82) is 5.26 Å². The maximum Gasteiger partial charge on any atom is 0.246 e.